The largest absolute Gasteiger partial charge is 0.494 e. The summed E-state index contributed by atoms with van der Waals surface area (Å²) in [5, 5.41) is 0. The summed E-state index contributed by atoms with van der Waals surface area (Å²) in [6, 6.07) is 8.08. The number of benzene rings is 1. The van der Waals surface area contributed by atoms with E-state index >= 15 is 0 Å². The first kappa shape index (κ1) is 16.7. The minimum atomic E-state index is -0.287. The van der Waals surface area contributed by atoms with E-state index in [9.17, 15) is 0 Å². The van der Waals surface area contributed by atoms with E-state index in [0.29, 0.717) is 19.0 Å². The maximum Gasteiger partial charge on any atom is 0.494 e. The lowest BCUT2D eigenvalue weighted by Crippen LogP contribution is -2.37. The lowest BCUT2D eigenvalue weighted by atomic mass is 9.74. The van der Waals surface area contributed by atoms with Gasteiger partial charge in [-0.25, -0.2) is 0 Å². The molecule has 0 bridgehead atoms. The molecule has 1 aromatic rings. The SMILES string of the molecule is CCSCC1COB(c2ccc(B3OCC(CS)O3)cc2)O1. The summed E-state index contributed by atoms with van der Waals surface area (Å²) < 4.78 is 23.1. The van der Waals surface area contributed by atoms with Crippen molar-refractivity contribution in [1.82, 2.24) is 0 Å². The van der Waals surface area contributed by atoms with Crippen LogP contribution < -0.4 is 10.9 Å². The zero-order valence-electron chi connectivity index (χ0n) is 12.6. The molecule has 0 N–H and O–H groups in total. The summed E-state index contributed by atoms with van der Waals surface area (Å²) >= 11 is 6.12. The Kier molecular flexibility index (Phi) is 6.18. The van der Waals surface area contributed by atoms with E-state index in [4.69, 9.17) is 18.6 Å². The molecule has 4 nitrogen and oxygen atoms in total. The van der Waals surface area contributed by atoms with Crippen molar-refractivity contribution in [2.24, 2.45) is 0 Å². The highest BCUT2D eigenvalue weighted by molar-refractivity contribution is 7.99. The monoisotopic (exact) mass is 338 g/mol. The van der Waals surface area contributed by atoms with Gasteiger partial charge >= 0.3 is 14.2 Å². The van der Waals surface area contributed by atoms with Crippen LogP contribution in [-0.4, -0.2) is 56.9 Å². The fourth-order valence-corrected chi connectivity index (χ4v) is 3.35. The van der Waals surface area contributed by atoms with Crippen LogP contribution in [0.5, 0.6) is 0 Å². The fraction of sp³-hybridized carbons (Fsp3) is 0.571. The minimum Gasteiger partial charge on any atom is -0.405 e. The molecule has 0 amide bonds. The van der Waals surface area contributed by atoms with E-state index in [1.54, 1.807) is 0 Å². The van der Waals surface area contributed by atoms with Crippen molar-refractivity contribution in [3.05, 3.63) is 24.3 Å². The molecule has 2 atom stereocenters. The predicted octanol–water partition coefficient (Wildman–Crippen LogP) is 0.591. The molecule has 2 saturated heterocycles. The minimum absolute atomic E-state index is 0.0753. The highest BCUT2D eigenvalue weighted by atomic mass is 32.2. The van der Waals surface area contributed by atoms with Gasteiger partial charge in [-0.2, -0.15) is 24.4 Å². The Morgan fingerprint density at radius 3 is 2.09 bits per heavy atom. The summed E-state index contributed by atoms with van der Waals surface area (Å²) in [6.07, 6.45) is 0.263. The Morgan fingerprint density at radius 1 is 1.05 bits per heavy atom. The molecule has 2 unspecified atom stereocenters. The Labute approximate surface area is 142 Å². The van der Waals surface area contributed by atoms with Gasteiger partial charge in [-0.3, -0.25) is 0 Å². The molecular formula is C14H20B2O4S2. The van der Waals surface area contributed by atoms with Crippen LogP contribution in [0.15, 0.2) is 24.3 Å². The maximum atomic E-state index is 5.93. The van der Waals surface area contributed by atoms with Crippen LogP contribution in [-0.2, 0) is 18.6 Å². The number of hydrogen-bond donors (Lipinski definition) is 1. The summed E-state index contributed by atoms with van der Waals surface area (Å²) in [6.45, 7) is 3.42. The van der Waals surface area contributed by atoms with Crippen LogP contribution in [0.3, 0.4) is 0 Å². The van der Waals surface area contributed by atoms with Crippen molar-refractivity contribution in [3.63, 3.8) is 0 Å². The first-order chi connectivity index (χ1) is 10.8. The van der Waals surface area contributed by atoms with Gasteiger partial charge in [0.15, 0.2) is 0 Å². The van der Waals surface area contributed by atoms with E-state index in [2.05, 4.69) is 19.6 Å². The summed E-state index contributed by atoms with van der Waals surface area (Å²) in [4.78, 5) is 0. The molecule has 2 fully saturated rings. The smallest absolute Gasteiger partial charge is 0.405 e. The molecule has 118 valence electrons. The van der Waals surface area contributed by atoms with E-state index in [1.165, 1.54) is 0 Å². The van der Waals surface area contributed by atoms with Crippen LogP contribution in [0, 0.1) is 0 Å². The first-order valence-electron chi connectivity index (χ1n) is 7.62. The molecule has 0 spiro atoms. The van der Waals surface area contributed by atoms with Gasteiger partial charge in [0.25, 0.3) is 0 Å². The van der Waals surface area contributed by atoms with E-state index in [0.717, 1.165) is 22.4 Å². The third-order valence-electron chi connectivity index (χ3n) is 3.69. The average molecular weight is 338 g/mol. The second-order valence-electron chi connectivity index (χ2n) is 5.36. The fourth-order valence-electron chi connectivity index (χ4n) is 2.49. The highest BCUT2D eigenvalue weighted by Gasteiger charge is 2.35. The van der Waals surface area contributed by atoms with Crippen LogP contribution in [0.4, 0.5) is 0 Å². The molecule has 0 aliphatic carbocycles. The van der Waals surface area contributed by atoms with Crippen LogP contribution in [0.1, 0.15) is 6.92 Å². The van der Waals surface area contributed by atoms with Crippen molar-refractivity contribution in [2.75, 3.05) is 30.5 Å². The number of hydrogen-bond acceptors (Lipinski definition) is 6. The van der Waals surface area contributed by atoms with Crippen LogP contribution in [0.25, 0.3) is 0 Å². The third-order valence-corrected chi connectivity index (χ3v) is 5.11. The van der Waals surface area contributed by atoms with Gasteiger partial charge in [0.05, 0.1) is 25.4 Å². The second kappa shape index (κ2) is 8.13. The Hall–Kier alpha value is -0.110. The Bertz CT molecular complexity index is 476. The van der Waals surface area contributed by atoms with Gasteiger partial charge in [0, 0.05) is 11.5 Å². The van der Waals surface area contributed by atoms with Crippen LogP contribution in [0.2, 0.25) is 0 Å². The topological polar surface area (TPSA) is 36.9 Å². The molecule has 0 saturated carbocycles. The lowest BCUT2D eigenvalue weighted by molar-refractivity contribution is 0.263. The maximum absolute atomic E-state index is 5.93. The van der Waals surface area contributed by atoms with Gasteiger partial charge < -0.3 is 18.6 Å². The van der Waals surface area contributed by atoms with Crippen LogP contribution >= 0.6 is 24.4 Å². The molecule has 2 aliphatic heterocycles. The molecule has 22 heavy (non-hydrogen) atoms. The van der Waals surface area contributed by atoms with Crippen molar-refractivity contribution in [3.8, 4) is 0 Å². The van der Waals surface area contributed by atoms with E-state index in [1.807, 2.05) is 36.0 Å². The number of rotatable bonds is 6. The Morgan fingerprint density at radius 2 is 1.59 bits per heavy atom. The quantitative estimate of drug-likeness (QED) is 0.607. The Balaban J connectivity index is 1.56. The van der Waals surface area contributed by atoms with E-state index < -0.39 is 0 Å². The van der Waals surface area contributed by atoms with Crippen molar-refractivity contribution < 1.29 is 18.6 Å². The predicted molar refractivity (Wildman–Crippen MR) is 95.7 cm³/mol. The van der Waals surface area contributed by atoms with Gasteiger partial charge in [-0.1, -0.05) is 31.2 Å². The van der Waals surface area contributed by atoms with Crippen molar-refractivity contribution in [1.29, 1.82) is 0 Å². The molecule has 2 heterocycles. The number of thioether (sulfide) groups is 1. The van der Waals surface area contributed by atoms with Crippen molar-refractivity contribution >= 4 is 49.6 Å². The van der Waals surface area contributed by atoms with Gasteiger partial charge in [0.1, 0.15) is 0 Å². The summed E-state index contributed by atoms with van der Waals surface area (Å²) in [5.41, 5.74) is 2.06. The van der Waals surface area contributed by atoms with E-state index in [-0.39, 0.29) is 26.4 Å². The average Bonchev–Trinajstić information content (AvgIpc) is 3.22. The summed E-state index contributed by atoms with van der Waals surface area (Å²) in [7, 11) is -0.544. The zero-order chi connectivity index (χ0) is 15.4. The van der Waals surface area contributed by atoms with Crippen molar-refractivity contribution in [2.45, 2.75) is 19.1 Å². The third kappa shape index (κ3) is 4.04. The molecule has 8 heteroatoms. The summed E-state index contributed by atoms with van der Waals surface area (Å²) in [5.74, 6) is 2.77. The van der Waals surface area contributed by atoms with Gasteiger partial charge in [0.2, 0.25) is 0 Å². The normalized spacial score (nSPS) is 25.2. The molecule has 1 aromatic carbocycles. The molecule has 0 radical (unpaired) electrons. The zero-order valence-corrected chi connectivity index (χ0v) is 14.4. The first-order valence-corrected chi connectivity index (χ1v) is 9.41. The van der Waals surface area contributed by atoms with Gasteiger partial charge in [-0.05, 0) is 16.7 Å². The number of thiol groups is 1. The standard InChI is InChI=1S/C14H20B2O4S2/c1-2-22-10-14-8-18-16(20-14)12-5-3-11(4-6-12)15-17-7-13(9-21)19-15/h3-6,13-14,21H,2,7-10H2,1H3. The molecule has 2 aliphatic rings. The highest BCUT2D eigenvalue weighted by Crippen LogP contribution is 2.14. The molecule has 3 rings (SSSR count). The molecular weight excluding hydrogens is 318 g/mol. The lowest BCUT2D eigenvalue weighted by Gasteiger charge is -2.10. The van der Waals surface area contributed by atoms with Gasteiger partial charge in [-0.15, -0.1) is 0 Å². The molecule has 0 aromatic heterocycles. The second-order valence-corrected chi connectivity index (χ2v) is 7.04.